The molecule has 2 heterocycles. The van der Waals surface area contributed by atoms with Crippen LogP contribution in [0.1, 0.15) is 47.8 Å². The number of carbonyl (C=O) groups excluding carboxylic acids is 2. The van der Waals surface area contributed by atoms with Crippen molar-refractivity contribution in [3.05, 3.63) is 76.6 Å². The molecule has 1 aliphatic heterocycles. The van der Waals surface area contributed by atoms with Gasteiger partial charge in [-0.15, -0.1) is 0 Å². The fourth-order valence-electron chi connectivity index (χ4n) is 4.72. The number of piperidine rings is 1. The summed E-state index contributed by atoms with van der Waals surface area (Å²) in [6.07, 6.45) is 3.74. The van der Waals surface area contributed by atoms with Crippen LogP contribution in [0.2, 0.25) is 5.02 Å². The Labute approximate surface area is 239 Å². The van der Waals surface area contributed by atoms with Gasteiger partial charge in [0.15, 0.2) is 0 Å². The first kappa shape index (κ1) is 29.7. The van der Waals surface area contributed by atoms with Crippen molar-refractivity contribution in [2.24, 2.45) is 0 Å². The van der Waals surface area contributed by atoms with Crippen LogP contribution in [0.15, 0.2) is 59.6 Å². The number of halogens is 1. The monoisotopic (exact) mass is 586 g/mol. The van der Waals surface area contributed by atoms with E-state index in [1.807, 2.05) is 26.0 Å². The average Bonchev–Trinajstić information content (AvgIpc) is 3.36. The van der Waals surface area contributed by atoms with E-state index in [0.29, 0.717) is 42.9 Å². The topological polar surface area (TPSA) is 134 Å². The zero-order valence-electron chi connectivity index (χ0n) is 22.7. The van der Waals surface area contributed by atoms with Crippen molar-refractivity contribution in [3.63, 3.8) is 0 Å². The number of benzene rings is 2. The van der Waals surface area contributed by atoms with Gasteiger partial charge < -0.3 is 16.0 Å². The van der Waals surface area contributed by atoms with Crippen molar-refractivity contribution in [2.75, 3.05) is 26.2 Å². The van der Waals surface area contributed by atoms with Crippen molar-refractivity contribution in [1.29, 1.82) is 0 Å². The first-order valence-electron chi connectivity index (χ1n) is 13.4. The highest BCUT2D eigenvalue weighted by Gasteiger charge is 2.41. The van der Waals surface area contributed by atoms with Crippen molar-refractivity contribution in [3.8, 4) is 5.69 Å². The highest BCUT2D eigenvalue weighted by atomic mass is 35.5. The van der Waals surface area contributed by atoms with Crippen molar-refractivity contribution >= 4 is 33.4 Å². The first-order valence-corrected chi connectivity index (χ1v) is 15.2. The lowest BCUT2D eigenvalue weighted by atomic mass is 9.86. The van der Waals surface area contributed by atoms with Crippen LogP contribution >= 0.6 is 11.6 Å². The largest absolute Gasteiger partial charge is 0.353 e. The molecule has 0 radical (unpaired) electrons. The maximum atomic E-state index is 13.6. The van der Waals surface area contributed by atoms with Gasteiger partial charge in [-0.1, -0.05) is 42.6 Å². The molecule has 2 aromatic carbocycles. The zero-order valence-corrected chi connectivity index (χ0v) is 24.2. The quantitative estimate of drug-likeness (QED) is 0.255. The molecule has 1 aliphatic rings. The molecule has 0 atom stereocenters. The van der Waals surface area contributed by atoms with Crippen molar-refractivity contribution < 1.29 is 18.0 Å². The minimum absolute atomic E-state index is 0.0126. The summed E-state index contributed by atoms with van der Waals surface area (Å²) in [5.41, 5.74) is 1.77. The van der Waals surface area contributed by atoms with E-state index in [4.69, 9.17) is 11.6 Å². The van der Waals surface area contributed by atoms with Gasteiger partial charge in [0.1, 0.15) is 5.54 Å². The summed E-state index contributed by atoms with van der Waals surface area (Å²) in [6.45, 7) is 5.10. The Kier molecular flexibility index (Phi) is 9.62. The van der Waals surface area contributed by atoms with Crippen LogP contribution in [0.3, 0.4) is 0 Å². The maximum absolute atomic E-state index is 13.6. The third-order valence-electron chi connectivity index (χ3n) is 6.95. The van der Waals surface area contributed by atoms with Crippen molar-refractivity contribution in [1.82, 2.24) is 30.5 Å². The summed E-state index contributed by atoms with van der Waals surface area (Å²) >= 11 is 6.04. The Morgan fingerprint density at radius 3 is 2.38 bits per heavy atom. The fraction of sp³-hybridized carbons (Fsp3) is 0.393. The second-order valence-electron chi connectivity index (χ2n) is 9.90. The number of carbonyl (C=O) groups is 2. The molecular formula is C28H35ClN6O4S. The number of aryl methyl sites for hydroxylation is 1. The summed E-state index contributed by atoms with van der Waals surface area (Å²) in [6, 6.07) is 13.7. The number of nitrogens with one attached hydrogen (secondary N) is 4. The van der Waals surface area contributed by atoms with Crippen LogP contribution in [0.4, 0.5) is 0 Å². The number of sulfonamides is 1. The molecule has 214 valence electrons. The Bertz CT molecular complexity index is 1430. The second-order valence-corrected chi connectivity index (χ2v) is 12.1. The first-order chi connectivity index (χ1) is 19.1. The van der Waals surface area contributed by atoms with Crippen LogP contribution in [-0.2, 0) is 21.2 Å². The van der Waals surface area contributed by atoms with E-state index in [2.05, 4.69) is 25.8 Å². The summed E-state index contributed by atoms with van der Waals surface area (Å²) < 4.78 is 29.4. The lowest BCUT2D eigenvalue weighted by Gasteiger charge is -2.37. The van der Waals surface area contributed by atoms with Crippen molar-refractivity contribution in [2.45, 2.75) is 50.0 Å². The normalized spacial score (nSPS) is 15.0. The minimum atomic E-state index is -3.70. The van der Waals surface area contributed by atoms with Crippen LogP contribution in [0.25, 0.3) is 5.69 Å². The molecule has 4 rings (SSSR count). The molecule has 0 unspecified atom stereocenters. The fourth-order valence-corrected chi connectivity index (χ4v) is 5.88. The molecule has 0 aliphatic carbocycles. The predicted molar refractivity (Wildman–Crippen MR) is 154 cm³/mol. The Balaban J connectivity index is 1.45. The molecule has 10 nitrogen and oxygen atoms in total. The number of nitrogens with zero attached hydrogens (tertiary/aromatic N) is 2. The average molecular weight is 587 g/mol. The van der Waals surface area contributed by atoms with Gasteiger partial charge in [0, 0.05) is 18.1 Å². The summed E-state index contributed by atoms with van der Waals surface area (Å²) in [5, 5.41) is 14.1. The summed E-state index contributed by atoms with van der Waals surface area (Å²) in [5.74, 6) is -0.722. The number of hydrogen-bond donors (Lipinski definition) is 4. The van der Waals surface area contributed by atoms with Crippen LogP contribution in [0.5, 0.6) is 0 Å². The van der Waals surface area contributed by atoms with Gasteiger partial charge in [-0.3, -0.25) is 9.59 Å². The van der Waals surface area contributed by atoms with Gasteiger partial charge >= 0.3 is 0 Å². The predicted octanol–water partition coefficient (Wildman–Crippen LogP) is 2.73. The molecule has 3 aromatic rings. The van der Waals surface area contributed by atoms with E-state index < -0.39 is 15.6 Å². The maximum Gasteiger partial charge on any atom is 0.255 e. The van der Waals surface area contributed by atoms with Gasteiger partial charge in [-0.2, -0.15) is 5.10 Å². The van der Waals surface area contributed by atoms with Crippen LogP contribution in [0, 0.1) is 6.92 Å². The Hall–Kier alpha value is -3.25. The number of aromatic nitrogens is 2. The highest BCUT2D eigenvalue weighted by molar-refractivity contribution is 7.89. The number of hydrogen-bond acceptors (Lipinski definition) is 6. The van der Waals surface area contributed by atoms with E-state index in [-0.39, 0.29) is 29.8 Å². The van der Waals surface area contributed by atoms with E-state index in [1.165, 1.54) is 18.3 Å². The van der Waals surface area contributed by atoms with Gasteiger partial charge in [0.25, 0.3) is 5.91 Å². The Morgan fingerprint density at radius 2 is 1.73 bits per heavy atom. The summed E-state index contributed by atoms with van der Waals surface area (Å²) in [7, 11) is -3.70. The van der Waals surface area contributed by atoms with Gasteiger partial charge in [0.2, 0.25) is 15.9 Å². The molecule has 40 heavy (non-hydrogen) atoms. The lowest BCUT2D eigenvalue weighted by Crippen LogP contribution is -2.63. The molecule has 0 bridgehead atoms. The zero-order chi connectivity index (χ0) is 28.8. The summed E-state index contributed by atoms with van der Waals surface area (Å²) in [4.78, 5) is 27.2. The highest BCUT2D eigenvalue weighted by Crippen LogP contribution is 2.23. The number of rotatable bonds is 11. The molecule has 1 fully saturated rings. The van der Waals surface area contributed by atoms with Gasteiger partial charge in [0.05, 0.1) is 28.0 Å². The van der Waals surface area contributed by atoms with E-state index in [0.717, 1.165) is 23.4 Å². The van der Waals surface area contributed by atoms with Crippen LogP contribution < -0.4 is 20.7 Å². The molecule has 12 heteroatoms. The standard InChI is InChI=1S/C28H35ClN6O4S/c1-3-4-25-24(19-32-35(25)22-9-7-21(29)8-10-22)26(36)34-28(13-15-30-16-14-28)27(37)31-17-18-33-40(38,39)23-11-5-20(2)6-12-23/h5-12,19,30,33H,3-4,13-18H2,1-2H3,(H,31,37)(H,34,36). The molecule has 0 spiro atoms. The second kappa shape index (κ2) is 12.9. The Morgan fingerprint density at radius 1 is 1.05 bits per heavy atom. The van der Waals surface area contributed by atoms with Gasteiger partial charge in [-0.25, -0.2) is 17.8 Å². The van der Waals surface area contributed by atoms with E-state index in [9.17, 15) is 18.0 Å². The third-order valence-corrected chi connectivity index (χ3v) is 8.68. The van der Waals surface area contributed by atoms with E-state index >= 15 is 0 Å². The van der Waals surface area contributed by atoms with E-state index in [1.54, 1.807) is 28.9 Å². The molecule has 1 aromatic heterocycles. The van der Waals surface area contributed by atoms with Gasteiger partial charge in [-0.05, 0) is 75.7 Å². The SMILES string of the molecule is CCCc1c(C(=O)NC2(C(=O)NCCNS(=O)(=O)c3ccc(C)cc3)CCNCC2)cnn1-c1ccc(Cl)cc1. The molecule has 2 amide bonds. The minimum Gasteiger partial charge on any atom is -0.353 e. The smallest absolute Gasteiger partial charge is 0.255 e. The number of amides is 2. The lowest BCUT2D eigenvalue weighted by molar-refractivity contribution is -0.128. The molecule has 1 saturated heterocycles. The molecule has 4 N–H and O–H groups in total. The molecule has 0 saturated carbocycles. The van der Waals surface area contributed by atoms with Crippen LogP contribution in [-0.4, -0.2) is 61.7 Å². The third kappa shape index (κ3) is 6.90. The molecular weight excluding hydrogens is 552 g/mol.